The van der Waals surface area contributed by atoms with E-state index < -0.39 is 0 Å². The molecule has 6 heteroatoms. The number of aryl methyl sites for hydroxylation is 2. The van der Waals surface area contributed by atoms with Gasteiger partial charge in [0.15, 0.2) is 5.82 Å². The molecule has 1 heterocycles. The second-order valence-corrected chi connectivity index (χ2v) is 6.20. The van der Waals surface area contributed by atoms with Crippen molar-refractivity contribution in [3.05, 3.63) is 47.3 Å². The maximum Gasteiger partial charge on any atom is 0.253 e. The van der Waals surface area contributed by atoms with Crippen molar-refractivity contribution in [3.8, 4) is 11.4 Å². The van der Waals surface area contributed by atoms with Gasteiger partial charge < -0.3 is 10.2 Å². The summed E-state index contributed by atoms with van der Waals surface area (Å²) in [4.78, 5) is 34.7. The summed E-state index contributed by atoms with van der Waals surface area (Å²) in [6.07, 6.45) is 0.263. The molecule has 2 aromatic rings. The number of benzene rings is 1. The second-order valence-electron chi connectivity index (χ2n) is 6.20. The smallest absolute Gasteiger partial charge is 0.253 e. The largest absolute Gasteiger partial charge is 0.359 e. The van der Waals surface area contributed by atoms with Gasteiger partial charge in [-0.25, -0.2) is 9.97 Å². The number of nitrogens with zero attached hydrogens (tertiary/aromatic N) is 3. The van der Waals surface area contributed by atoms with E-state index >= 15 is 0 Å². The van der Waals surface area contributed by atoms with E-state index in [4.69, 9.17) is 0 Å². The van der Waals surface area contributed by atoms with E-state index in [0.717, 1.165) is 17.0 Å². The number of carbonyl (C=O) groups excluding carboxylic acids is 2. The summed E-state index contributed by atoms with van der Waals surface area (Å²) in [7, 11) is 3.29. The van der Waals surface area contributed by atoms with Crippen LogP contribution in [0.15, 0.2) is 30.3 Å². The van der Waals surface area contributed by atoms with Gasteiger partial charge in [-0.05, 0) is 39.0 Å². The molecule has 1 aromatic carbocycles. The first-order valence-electron chi connectivity index (χ1n) is 8.22. The predicted molar refractivity (Wildman–Crippen MR) is 97.2 cm³/mol. The van der Waals surface area contributed by atoms with Crippen LogP contribution in [0.2, 0.25) is 0 Å². The maximum absolute atomic E-state index is 12.7. The van der Waals surface area contributed by atoms with E-state index in [2.05, 4.69) is 15.3 Å². The third-order valence-corrected chi connectivity index (χ3v) is 4.09. The minimum atomic E-state index is -0.200. The second kappa shape index (κ2) is 7.88. The highest BCUT2D eigenvalue weighted by atomic mass is 16.2. The van der Waals surface area contributed by atoms with Gasteiger partial charge in [0.05, 0.1) is 0 Å². The Kier molecular flexibility index (Phi) is 5.85. The van der Waals surface area contributed by atoms with Crippen molar-refractivity contribution in [2.45, 2.75) is 33.2 Å². The fourth-order valence-electron chi connectivity index (χ4n) is 2.56. The van der Waals surface area contributed by atoms with Gasteiger partial charge in [-0.15, -0.1) is 0 Å². The van der Waals surface area contributed by atoms with Crippen LogP contribution in [0.4, 0.5) is 0 Å². The highest BCUT2D eigenvalue weighted by molar-refractivity contribution is 5.95. The van der Waals surface area contributed by atoms with Gasteiger partial charge in [0.2, 0.25) is 5.91 Å². The Bertz CT molecular complexity index is 768. The zero-order valence-electron chi connectivity index (χ0n) is 15.3. The molecule has 6 nitrogen and oxygen atoms in total. The SMILES string of the molecule is CNC(=O)C[C@H](C)N(C)C(=O)c1cccc(-c2nc(C)cc(C)n2)c1. The molecule has 0 aliphatic carbocycles. The van der Waals surface area contributed by atoms with Crippen LogP contribution in [-0.4, -0.2) is 46.8 Å². The molecule has 0 bridgehead atoms. The summed E-state index contributed by atoms with van der Waals surface area (Å²) < 4.78 is 0. The van der Waals surface area contributed by atoms with E-state index in [-0.39, 0.29) is 24.3 Å². The quantitative estimate of drug-likeness (QED) is 0.906. The molecular weight excluding hydrogens is 316 g/mol. The third kappa shape index (κ3) is 4.62. The molecular formula is C19H24N4O2. The molecule has 1 aromatic heterocycles. The summed E-state index contributed by atoms with van der Waals surface area (Å²) in [5, 5.41) is 2.58. The standard InChI is InChI=1S/C19H24N4O2/c1-12-9-13(2)22-18(21-12)15-7-6-8-16(11-15)19(25)23(5)14(3)10-17(24)20-4/h6-9,11,14H,10H2,1-5H3,(H,20,24)/t14-/m0/s1. The number of hydrogen-bond donors (Lipinski definition) is 1. The highest BCUT2D eigenvalue weighted by Gasteiger charge is 2.20. The van der Waals surface area contributed by atoms with Gasteiger partial charge in [0, 0.05) is 49.1 Å². The molecule has 0 spiro atoms. The van der Waals surface area contributed by atoms with E-state index in [1.807, 2.05) is 39.0 Å². The maximum atomic E-state index is 12.7. The van der Waals surface area contributed by atoms with Gasteiger partial charge in [0.1, 0.15) is 0 Å². The van der Waals surface area contributed by atoms with Crippen molar-refractivity contribution in [1.82, 2.24) is 20.2 Å². The Hall–Kier alpha value is -2.76. The van der Waals surface area contributed by atoms with Gasteiger partial charge in [-0.2, -0.15) is 0 Å². The Morgan fingerprint density at radius 2 is 1.80 bits per heavy atom. The number of aromatic nitrogens is 2. The molecule has 0 aliphatic rings. The van der Waals surface area contributed by atoms with Crippen LogP contribution in [0.25, 0.3) is 11.4 Å². The van der Waals surface area contributed by atoms with Crippen LogP contribution in [0.1, 0.15) is 35.1 Å². The molecule has 1 atom stereocenters. The lowest BCUT2D eigenvalue weighted by Gasteiger charge is -2.24. The Morgan fingerprint density at radius 1 is 1.16 bits per heavy atom. The summed E-state index contributed by atoms with van der Waals surface area (Å²) in [5.41, 5.74) is 3.11. The van der Waals surface area contributed by atoms with Crippen molar-refractivity contribution in [3.63, 3.8) is 0 Å². The van der Waals surface area contributed by atoms with Gasteiger partial charge in [-0.1, -0.05) is 12.1 Å². The summed E-state index contributed by atoms with van der Waals surface area (Å²) in [6, 6.07) is 8.97. The minimum absolute atomic E-state index is 0.0930. The van der Waals surface area contributed by atoms with Crippen molar-refractivity contribution in [2.75, 3.05) is 14.1 Å². The lowest BCUT2D eigenvalue weighted by Crippen LogP contribution is -2.38. The minimum Gasteiger partial charge on any atom is -0.359 e. The lowest BCUT2D eigenvalue weighted by molar-refractivity contribution is -0.121. The van der Waals surface area contributed by atoms with E-state index in [9.17, 15) is 9.59 Å². The van der Waals surface area contributed by atoms with Crippen molar-refractivity contribution in [2.24, 2.45) is 0 Å². The Morgan fingerprint density at radius 3 is 2.40 bits per heavy atom. The molecule has 0 saturated carbocycles. The summed E-state index contributed by atoms with van der Waals surface area (Å²) in [6.45, 7) is 5.69. The Balaban J connectivity index is 2.25. The number of carbonyl (C=O) groups is 2. The predicted octanol–water partition coefficient (Wildman–Crippen LogP) is 2.36. The fourth-order valence-corrected chi connectivity index (χ4v) is 2.56. The first kappa shape index (κ1) is 18.6. The molecule has 0 saturated heterocycles. The molecule has 0 aliphatic heterocycles. The van der Waals surface area contributed by atoms with Gasteiger partial charge >= 0.3 is 0 Å². The van der Waals surface area contributed by atoms with Gasteiger partial charge in [-0.3, -0.25) is 9.59 Å². The zero-order chi connectivity index (χ0) is 18.6. The van der Waals surface area contributed by atoms with Crippen LogP contribution in [0, 0.1) is 13.8 Å². The molecule has 132 valence electrons. The molecule has 0 radical (unpaired) electrons. The topological polar surface area (TPSA) is 75.2 Å². The highest BCUT2D eigenvalue weighted by Crippen LogP contribution is 2.19. The van der Waals surface area contributed by atoms with Crippen LogP contribution in [0.3, 0.4) is 0 Å². The lowest BCUT2D eigenvalue weighted by atomic mass is 10.1. The zero-order valence-corrected chi connectivity index (χ0v) is 15.3. The first-order valence-corrected chi connectivity index (χ1v) is 8.22. The van der Waals surface area contributed by atoms with E-state index in [1.165, 1.54) is 0 Å². The molecule has 2 rings (SSSR count). The van der Waals surface area contributed by atoms with Crippen molar-refractivity contribution >= 4 is 11.8 Å². The van der Waals surface area contributed by atoms with Crippen LogP contribution >= 0.6 is 0 Å². The van der Waals surface area contributed by atoms with Gasteiger partial charge in [0.25, 0.3) is 5.91 Å². The average molecular weight is 340 g/mol. The number of nitrogens with one attached hydrogen (secondary N) is 1. The first-order chi connectivity index (χ1) is 11.8. The monoisotopic (exact) mass is 340 g/mol. The number of amides is 2. The van der Waals surface area contributed by atoms with E-state index in [1.54, 1.807) is 31.1 Å². The third-order valence-electron chi connectivity index (χ3n) is 4.09. The van der Waals surface area contributed by atoms with Crippen molar-refractivity contribution < 1.29 is 9.59 Å². The normalized spacial score (nSPS) is 11.7. The molecule has 0 fully saturated rings. The number of hydrogen-bond acceptors (Lipinski definition) is 4. The average Bonchev–Trinajstić information content (AvgIpc) is 2.59. The molecule has 25 heavy (non-hydrogen) atoms. The number of rotatable bonds is 5. The Labute approximate surface area is 148 Å². The summed E-state index contributed by atoms with van der Waals surface area (Å²) in [5.74, 6) is 0.375. The molecule has 2 amide bonds. The van der Waals surface area contributed by atoms with E-state index in [0.29, 0.717) is 11.4 Å². The summed E-state index contributed by atoms with van der Waals surface area (Å²) >= 11 is 0. The molecule has 1 N–H and O–H groups in total. The van der Waals surface area contributed by atoms with Crippen LogP contribution in [0.5, 0.6) is 0 Å². The van der Waals surface area contributed by atoms with Crippen molar-refractivity contribution in [1.29, 1.82) is 0 Å². The fraction of sp³-hybridized carbons (Fsp3) is 0.368. The van der Waals surface area contributed by atoms with Crippen LogP contribution < -0.4 is 5.32 Å². The molecule has 0 unspecified atom stereocenters. The van der Waals surface area contributed by atoms with Crippen LogP contribution in [-0.2, 0) is 4.79 Å².